The van der Waals surface area contributed by atoms with Gasteiger partial charge in [-0.1, -0.05) is 0 Å². The van der Waals surface area contributed by atoms with Gasteiger partial charge in [-0.3, -0.25) is 4.79 Å². The van der Waals surface area contributed by atoms with Crippen molar-refractivity contribution >= 4 is 16.9 Å². The van der Waals surface area contributed by atoms with Crippen LogP contribution < -0.4 is 0 Å². The number of carbonyl (C=O) groups is 1. The molecule has 0 radical (unpaired) electrons. The Morgan fingerprint density at radius 2 is 2.11 bits per heavy atom. The molecule has 4 heteroatoms. The molecule has 0 unspecified atom stereocenters. The zero-order valence-electron chi connectivity index (χ0n) is 10.3. The van der Waals surface area contributed by atoms with Gasteiger partial charge in [-0.15, -0.1) is 0 Å². The summed E-state index contributed by atoms with van der Waals surface area (Å²) in [6.45, 7) is 3.81. The van der Waals surface area contributed by atoms with Crippen LogP contribution in [0.2, 0.25) is 0 Å². The van der Waals surface area contributed by atoms with E-state index >= 15 is 0 Å². The third-order valence-corrected chi connectivity index (χ3v) is 2.90. The van der Waals surface area contributed by atoms with E-state index in [0.717, 1.165) is 27.7 Å². The average molecular weight is 243 g/mol. The smallest absolute Gasteiger partial charge is 0.311 e. The van der Waals surface area contributed by atoms with E-state index in [-0.39, 0.29) is 13.0 Å². The monoisotopic (exact) mass is 243 g/mol. The number of benzene rings is 1. The topological polar surface area (TPSA) is 63.2 Å². The Hall–Kier alpha value is -2.28. The van der Waals surface area contributed by atoms with Gasteiger partial charge in [0.25, 0.3) is 0 Å². The second kappa shape index (κ2) is 4.92. The van der Waals surface area contributed by atoms with E-state index in [2.05, 4.69) is 0 Å². The fourth-order valence-corrected chi connectivity index (χ4v) is 1.79. The number of nitrogens with zero attached hydrogens (tertiary/aromatic N) is 1. The van der Waals surface area contributed by atoms with Gasteiger partial charge in [0.05, 0.1) is 12.7 Å². The minimum absolute atomic E-state index is 0.122. The second-order valence-corrected chi connectivity index (χ2v) is 4.19. The summed E-state index contributed by atoms with van der Waals surface area (Å²) in [5, 5.41) is 9.26. The van der Waals surface area contributed by atoms with Crippen LogP contribution in [0.4, 0.5) is 0 Å². The molecule has 0 atom stereocenters. The highest BCUT2D eigenvalue weighted by atomic mass is 16.5. The summed E-state index contributed by atoms with van der Waals surface area (Å²) >= 11 is 0. The molecule has 92 valence electrons. The molecule has 0 fully saturated rings. The van der Waals surface area contributed by atoms with E-state index in [1.165, 1.54) is 0 Å². The van der Waals surface area contributed by atoms with Crippen LogP contribution in [0.1, 0.15) is 16.7 Å². The molecule has 18 heavy (non-hydrogen) atoms. The van der Waals surface area contributed by atoms with Gasteiger partial charge in [0, 0.05) is 10.9 Å². The zero-order valence-corrected chi connectivity index (χ0v) is 10.3. The maximum atomic E-state index is 11.4. The number of hydrogen-bond acceptors (Lipinski definition) is 4. The third-order valence-electron chi connectivity index (χ3n) is 2.90. The van der Waals surface area contributed by atoms with E-state index in [0.29, 0.717) is 0 Å². The SMILES string of the molecule is Cc1cc2occ(CC(=O)OCC#N)c2cc1C. The first-order valence-corrected chi connectivity index (χ1v) is 5.61. The Morgan fingerprint density at radius 3 is 2.83 bits per heavy atom. The molecule has 0 aliphatic carbocycles. The fourth-order valence-electron chi connectivity index (χ4n) is 1.79. The first-order valence-electron chi connectivity index (χ1n) is 5.61. The molecule has 0 amide bonds. The van der Waals surface area contributed by atoms with E-state index in [9.17, 15) is 4.79 Å². The lowest BCUT2D eigenvalue weighted by Crippen LogP contribution is -2.07. The van der Waals surface area contributed by atoms with Crippen molar-refractivity contribution in [3.63, 3.8) is 0 Å². The normalized spacial score (nSPS) is 10.3. The van der Waals surface area contributed by atoms with Crippen LogP contribution in [0.25, 0.3) is 11.0 Å². The van der Waals surface area contributed by atoms with Crippen molar-refractivity contribution in [1.29, 1.82) is 5.26 Å². The number of furan rings is 1. The quantitative estimate of drug-likeness (QED) is 0.777. The van der Waals surface area contributed by atoms with Crippen molar-refractivity contribution < 1.29 is 13.9 Å². The van der Waals surface area contributed by atoms with Crippen LogP contribution in [-0.4, -0.2) is 12.6 Å². The summed E-state index contributed by atoms with van der Waals surface area (Å²) in [6, 6.07) is 5.72. The van der Waals surface area contributed by atoms with Crippen LogP contribution in [0.3, 0.4) is 0 Å². The molecular formula is C14H13NO3. The van der Waals surface area contributed by atoms with Gasteiger partial charge in [0.15, 0.2) is 6.61 Å². The number of carbonyl (C=O) groups excluding carboxylic acids is 1. The Morgan fingerprint density at radius 1 is 1.39 bits per heavy atom. The number of fused-ring (bicyclic) bond motifs is 1. The van der Waals surface area contributed by atoms with Gasteiger partial charge in [-0.2, -0.15) is 5.26 Å². The molecular weight excluding hydrogens is 230 g/mol. The maximum Gasteiger partial charge on any atom is 0.311 e. The van der Waals surface area contributed by atoms with Gasteiger partial charge in [0.1, 0.15) is 11.7 Å². The van der Waals surface area contributed by atoms with Gasteiger partial charge in [0.2, 0.25) is 0 Å². The molecule has 2 aromatic rings. The number of nitriles is 1. The average Bonchev–Trinajstić information content (AvgIpc) is 2.70. The number of aryl methyl sites for hydroxylation is 2. The van der Waals surface area contributed by atoms with Crippen LogP contribution >= 0.6 is 0 Å². The van der Waals surface area contributed by atoms with Gasteiger partial charge in [-0.25, -0.2) is 0 Å². The lowest BCUT2D eigenvalue weighted by Gasteiger charge is -2.01. The van der Waals surface area contributed by atoms with Crippen LogP contribution in [0, 0.1) is 25.2 Å². The van der Waals surface area contributed by atoms with Crippen molar-refractivity contribution in [2.75, 3.05) is 6.61 Å². The summed E-state index contributed by atoms with van der Waals surface area (Å²) in [4.78, 5) is 11.4. The third kappa shape index (κ3) is 2.35. The van der Waals surface area contributed by atoms with Crippen molar-refractivity contribution in [2.45, 2.75) is 20.3 Å². The van der Waals surface area contributed by atoms with Crippen LogP contribution in [-0.2, 0) is 16.0 Å². The highest BCUT2D eigenvalue weighted by Crippen LogP contribution is 2.25. The summed E-state index contributed by atoms with van der Waals surface area (Å²) < 4.78 is 10.1. The predicted molar refractivity (Wildman–Crippen MR) is 66.0 cm³/mol. The van der Waals surface area contributed by atoms with Gasteiger partial charge in [-0.05, 0) is 37.1 Å². The lowest BCUT2D eigenvalue weighted by molar-refractivity contribution is -0.141. The Bertz CT molecular complexity index is 634. The first kappa shape index (κ1) is 12.2. The maximum absolute atomic E-state index is 11.4. The van der Waals surface area contributed by atoms with Crippen LogP contribution in [0.15, 0.2) is 22.8 Å². The highest BCUT2D eigenvalue weighted by Gasteiger charge is 2.12. The Labute approximate surface area is 105 Å². The van der Waals surface area contributed by atoms with Crippen molar-refractivity contribution in [2.24, 2.45) is 0 Å². The summed E-state index contributed by atoms with van der Waals surface area (Å²) in [5.41, 5.74) is 3.85. The van der Waals surface area contributed by atoms with E-state index in [1.54, 1.807) is 12.3 Å². The van der Waals surface area contributed by atoms with E-state index in [4.69, 9.17) is 14.4 Å². The summed E-state index contributed by atoms with van der Waals surface area (Å²) in [7, 11) is 0. The summed E-state index contributed by atoms with van der Waals surface area (Å²) in [5.74, 6) is -0.419. The largest absolute Gasteiger partial charge is 0.464 e. The number of esters is 1. The van der Waals surface area contributed by atoms with Crippen molar-refractivity contribution in [3.8, 4) is 6.07 Å². The molecule has 0 bridgehead atoms. The van der Waals surface area contributed by atoms with Crippen LogP contribution in [0.5, 0.6) is 0 Å². The standard InChI is InChI=1S/C14H13NO3/c1-9-5-12-11(7-14(16)17-4-3-15)8-18-13(12)6-10(9)2/h5-6,8H,4,7H2,1-2H3. The molecule has 4 nitrogen and oxygen atoms in total. The van der Waals surface area contributed by atoms with Crippen molar-refractivity contribution in [3.05, 3.63) is 35.1 Å². The molecule has 1 heterocycles. The summed E-state index contributed by atoms with van der Waals surface area (Å²) in [6.07, 6.45) is 1.69. The molecule has 0 saturated heterocycles. The molecule has 0 N–H and O–H groups in total. The van der Waals surface area contributed by atoms with Crippen molar-refractivity contribution in [1.82, 2.24) is 0 Å². The molecule has 0 spiro atoms. The van der Waals surface area contributed by atoms with E-state index < -0.39 is 5.97 Å². The molecule has 1 aromatic heterocycles. The number of rotatable bonds is 3. The molecule has 1 aromatic carbocycles. The lowest BCUT2D eigenvalue weighted by atomic mass is 10.0. The first-order chi connectivity index (χ1) is 8.61. The number of hydrogen-bond donors (Lipinski definition) is 0. The minimum Gasteiger partial charge on any atom is -0.464 e. The fraction of sp³-hybridized carbons (Fsp3) is 0.286. The minimum atomic E-state index is -0.419. The molecule has 2 rings (SSSR count). The number of ether oxygens (including phenoxy) is 1. The molecule has 0 saturated carbocycles. The van der Waals surface area contributed by atoms with Gasteiger partial charge < -0.3 is 9.15 Å². The Kier molecular flexibility index (Phi) is 3.33. The zero-order chi connectivity index (χ0) is 13.1. The predicted octanol–water partition coefficient (Wildman–Crippen LogP) is 2.66. The molecule has 0 aliphatic rings. The Balaban J connectivity index is 2.27. The van der Waals surface area contributed by atoms with E-state index in [1.807, 2.05) is 26.0 Å². The van der Waals surface area contributed by atoms with Gasteiger partial charge >= 0.3 is 5.97 Å². The molecule has 0 aliphatic heterocycles. The highest BCUT2D eigenvalue weighted by molar-refractivity contribution is 5.86. The second-order valence-electron chi connectivity index (χ2n) is 4.19.